The van der Waals surface area contributed by atoms with Crippen LogP contribution in [0.15, 0.2) is 45.7 Å². The Morgan fingerprint density at radius 3 is 2.58 bits per heavy atom. The van der Waals surface area contributed by atoms with E-state index in [1.807, 2.05) is 13.0 Å². The molecule has 0 spiro atoms. The second-order valence-electron chi connectivity index (χ2n) is 5.18. The Labute approximate surface area is 148 Å². The van der Waals surface area contributed by atoms with Crippen LogP contribution in [0.3, 0.4) is 0 Å². The molecule has 2 aromatic rings. The molecule has 0 radical (unpaired) electrons. The molecule has 0 aliphatic carbocycles. The van der Waals surface area contributed by atoms with Gasteiger partial charge in [-0.2, -0.15) is 0 Å². The van der Waals surface area contributed by atoms with Crippen LogP contribution in [0.4, 0.5) is 5.69 Å². The topological polar surface area (TPSA) is 73.6 Å². The molecule has 0 bridgehead atoms. The van der Waals surface area contributed by atoms with Crippen LogP contribution in [-0.4, -0.2) is 16.2 Å². The Hall–Kier alpha value is -2.38. The molecular formula is C17H12NO4S2-. The predicted octanol–water partition coefficient (Wildman–Crippen LogP) is 2.29. The van der Waals surface area contributed by atoms with E-state index in [-0.39, 0.29) is 12.3 Å². The van der Waals surface area contributed by atoms with E-state index in [4.69, 9.17) is 16.6 Å². The normalized spacial score (nSPS) is 16.2. The van der Waals surface area contributed by atoms with Gasteiger partial charge in [-0.25, -0.2) is 0 Å². The van der Waals surface area contributed by atoms with Gasteiger partial charge in [0.1, 0.15) is 11.5 Å². The highest BCUT2D eigenvalue weighted by molar-refractivity contribution is 8.27. The van der Waals surface area contributed by atoms with Crippen molar-refractivity contribution in [2.24, 2.45) is 0 Å². The van der Waals surface area contributed by atoms with Crippen LogP contribution in [-0.2, 0) is 16.0 Å². The van der Waals surface area contributed by atoms with Gasteiger partial charge in [-0.3, -0.25) is 9.69 Å². The van der Waals surface area contributed by atoms with E-state index in [0.717, 1.165) is 5.76 Å². The average Bonchev–Trinajstić information content (AvgIpc) is 3.04. The second-order valence-corrected chi connectivity index (χ2v) is 6.86. The summed E-state index contributed by atoms with van der Waals surface area (Å²) < 4.78 is 5.88. The van der Waals surface area contributed by atoms with Crippen molar-refractivity contribution >= 4 is 51.9 Å². The quantitative estimate of drug-likeness (QED) is 0.617. The lowest BCUT2D eigenvalue weighted by molar-refractivity contribution is -0.304. The third-order valence-corrected chi connectivity index (χ3v) is 4.67. The van der Waals surface area contributed by atoms with Crippen molar-refractivity contribution < 1.29 is 19.1 Å². The van der Waals surface area contributed by atoms with E-state index < -0.39 is 5.97 Å². The lowest BCUT2D eigenvalue weighted by Gasteiger charge is -2.15. The molecule has 7 heteroatoms. The molecule has 5 nitrogen and oxygen atoms in total. The molecule has 1 fully saturated rings. The maximum atomic E-state index is 12.6. The third-order valence-electron chi connectivity index (χ3n) is 3.37. The van der Waals surface area contributed by atoms with Gasteiger partial charge in [0.15, 0.2) is 4.32 Å². The molecule has 3 rings (SSSR count). The van der Waals surface area contributed by atoms with Crippen molar-refractivity contribution in [1.82, 2.24) is 0 Å². The monoisotopic (exact) mass is 358 g/mol. The number of anilines is 1. The first-order valence-electron chi connectivity index (χ1n) is 7.07. The van der Waals surface area contributed by atoms with Crippen LogP contribution in [0.5, 0.6) is 0 Å². The van der Waals surface area contributed by atoms with Crippen molar-refractivity contribution in [3.05, 3.63) is 58.4 Å². The van der Waals surface area contributed by atoms with E-state index >= 15 is 0 Å². The van der Waals surface area contributed by atoms with Gasteiger partial charge >= 0.3 is 0 Å². The Morgan fingerprint density at radius 1 is 1.29 bits per heavy atom. The first-order valence-corrected chi connectivity index (χ1v) is 8.30. The summed E-state index contributed by atoms with van der Waals surface area (Å²) in [6.07, 6.45) is 1.49. The highest BCUT2D eigenvalue weighted by Crippen LogP contribution is 2.36. The van der Waals surface area contributed by atoms with Gasteiger partial charge in [0.25, 0.3) is 5.91 Å². The van der Waals surface area contributed by atoms with Crippen LogP contribution in [0.25, 0.3) is 6.08 Å². The van der Waals surface area contributed by atoms with Gasteiger partial charge in [0, 0.05) is 18.5 Å². The van der Waals surface area contributed by atoms with Crippen molar-refractivity contribution in [3.63, 3.8) is 0 Å². The number of carboxylic acids is 1. The number of benzene rings is 1. The lowest BCUT2D eigenvalue weighted by Crippen LogP contribution is -2.27. The Kier molecular flexibility index (Phi) is 4.55. The molecule has 1 aromatic heterocycles. The van der Waals surface area contributed by atoms with Crippen LogP contribution >= 0.6 is 24.0 Å². The zero-order chi connectivity index (χ0) is 17.3. The number of carbonyl (C=O) groups is 2. The minimum atomic E-state index is -1.15. The molecule has 0 unspecified atom stereocenters. The summed E-state index contributed by atoms with van der Waals surface area (Å²) >= 11 is 6.49. The zero-order valence-corrected chi connectivity index (χ0v) is 14.3. The maximum Gasteiger partial charge on any atom is 0.270 e. The van der Waals surface area contributed by atoms with E-state index in [1.165, 1.54) is 16.7 Å². The molecule has 24 heavy (non-hydrogen) atoms. The van der Waals surface area contributed by atoms with E-state index in [1.54, 1.807) is 36.4 Å². The molecule has 1 aromatic carbocycles. The van der Waals surface area contributed by atoms with Crippen LogP contribution in [0, 0.1) is 6.92 Å². The number of hydrogen-bond donors (Lipinski definition) is 0. The number of carbonyl (C=O) groups excluding carboxylic acids is 2. The van der Waals surface area contributed by atoms with Gasteiger partial charge in [-0.05, 0) is 36.8 Å². The third kappa shape index (κ3) is 3.42. The van der Waals surface area contributed by atoms with Crippen molar-refractivity contribution in [3.8, 4) is 0 Å². The summed E-state index contributed by atoms with van der Waals surface area (Å²) in [7, 11) is 0. The maximum absolute atomic E-state index is 12.6. The van der Waals surface area contributed by atoms with Gasteiger partial charge in [-0.1, -0.05) is 36.1 Å². The Morgan fingerprint density at radius 2 is 2.00 bits per heavy atom. The van der Waals surface area contributed by atoms with Crippen molar-refractivity contribution in [2.45, 2.75) is 13.3 Å². The largest absolute Gasteiger partial charge is 0.550 e. The van der Waals surface area contributed by atoms with Gasteiger partial charge < -0.3 is 14.3 Å². The molecule has 122 valence electrons. The number of rotatable bonds is 4. The van der Waals surface area contributed by atoms with Crippen molar-refractivity contribution in [1.29, 1.82) is 0 Å². The highest BCUT2D eigenvalue weighted by Gasteiger charge is 2.33. The number of aliphatic carboxylic acids is 1. The summed E-state index contributed by atoms with van der Waals surface area (Å²) in [5.74, 6) is -0.0192. The number of carboxylic acid groups (broad SMARTS) is 1. The number of thiocarbonyl (C=S) groups is 1. The predicted molar refractivity (Wildman–Crippen MR) is 94.3 cm³/mol. The summed E-state index contributed by atoms with van der Waals surface area (Å²) in [5.41, 5.74) is 1.20. The second kappa shape index (κ2) is 6.62. The number of furan rings is 1. The zero-order valence-electron chi connectivity index (χ0n) is 12.6. The molecule has 2 heterocycles. The highest BCUT2D eigenvalue weighted by atomic mass is 32.2. The molecule has 0 saturated carbocycles. The molecule has 0 N–H and O–H groups in total. The standard InChI is InChI=1S/C17H13NO4S2/c1-10-2-7-13(22-10)9-14-16(21)18(17(23)24-14)12-5-3-11(4-6-12)8-15(19)20/h2-7,9H,8H2,1H3,(H,19,20)/p-1/b14-9+. The van der Waals surface area contributed by atoms with Crippen LogP contribution in [0.2, 0.25) is 0 Å². The lowest BCUT2D eigenvalue weighted by atomic mass is 10.1. The fourth-order valence-corrected chi connectivity index (χ4v) is 3.56. The summed E-state index contributed by atoms with van der Waals surface area (Å²) in [6, 6.07) is 10.2. The minimum absolute atomic E-state index is 0.170. The summed E-state index contributed by atoms with van der Waals surface area (Å²) in [5, 5.41) is 10.6. The van der Waals surface area contributed by atoms with Crippen molar-refractivity contribution in [2.75, 3.05) is 4.90 Å². The molecule has 1 aliphatic rings. The number of amides is 1. The molecular weight excluding hydrogens is 346 g/mol. The number of thioether (sulfide) groups is 1. The number of aryl methyl sites for hydroxylation is 1. The van der Waals surface area contributed by atoms with Gasteiger partial charge in [0.05, 0.1) is 10.6 Å². The van der Waals surface area contributed by atoms with E-state index in [2.05, 4.69) is 0 Å². The fraction of sp³-hybridized carbons (Fsp3) is 0.118. The minimum Gasteiger partial charge on any atom is -0.550 e. The summed E-state index contributed by atoms with van der Waals surface area (Å²) in [4.78, 5) is 25.1. The SMILES string of the molecule is Cc1ccc(/C=C2/SC(=S)N(c3ccc(CC(=O)[O-])cc3)C2=O)o1. The molecule has 1 amide bonds. The first-order chi connectivity index (χ1) is 11.4. The first kappa shape index (κ1) is 16.5. The van der Waals surface area contributed by atoms with E-state index in [9.17, 15) is 14.7 Å². The average molecular weight is 358 g/mol. The van der Waals surface area contributed by atoms with Gasteiger partial charge in [-0.15, -0.1) is 0 Å². The van der Waals surface area contributed by atoms with Gasteiger partial charge in [0.2, 0.25) is 0 Å². The van der Waals surface area contributed by atoms with Crippen LogP contribution in [0.1, 0.15) is 17.1 Å². The number of hydrogen-bond acceptors (Lipinski definition) is 6. The Balaban J connectivity index is 1.84. The Bertz CT molecular complexity index is 852. The molecule has 0 atom stereocenters. The molecule has 1 saturated heterocycles. The van der Waals surface area contributed by atoms with E-state index in [0.29, 0.717) is 26.2 Å². The van der Waals surface area contributed by atoms with Crippen LogP contribution < -0.4 is 10.0 Å². The smallest absolute Gasteiger partial charge is 0.270 e. The fourth-order valence-electron chi connectivity index (χ4n) is 2.28. The molecule has 1 aliphatic heterocycles. The summed E-state index contributed by atoms with van der Waals surface area (Å²) in [6.45, 7) is 1.83. The number of nitrogens with zero attached hydrogens (tertiary/aromatic N) is 1.